The van der Waals surface area contributed by atoms with Crippen molar-refractivity contribution in [2.45, 2.75) is 44.9 Å². The third-order valence-electron chi connectivity index (χ3n) is 2.86. The number of carboxylic acids is 1. The van der Waals surface area contributed by atoms with Crippen LogP contribution in [0.4, 0.5) is 0 Å². The van der Waals surface area contributed by atoms with Gasteiger partial charge in [0.15, 0.2) is 0 Å². The molecule has 0 aliphatic heterocycles. The fourth-order valence-electron chi connectivity index (χ4n) is 1.97. The first-order valence-electron chi connectivity index (χ1n) is 5.12. The van der Waals surface area contributed by atoms with Gasteiger partial charge >= 0.3 is 0 Å². The molecule has 1 aliphatic rings. The molecular weight excluding hydrogens is 164 g/mol. The molecule has 13 heavy (non-hydrogen) atoms. The van der Waals surface area contributed by atoms with E-state index in [1.807, 2.05) is 0 Å². The molecule has 0 aromatic rings. The van der Waals surface area contributed by atoms with E-state index in [1.165, 1.54) is 19.3 Å². The first-order chi connectivity index (χ1) is 6.22. The van der Waals surface area contributed by atoms with Gasteiger partial charge in [0.2, 0.25) is 0 Å². The molecule has 1 saturated carbocycles. The van der Waals surface area contributed by atoms with E-state index in [0.717, 1.165) is 25.7 Å². The van der Waals surface area contributed by atoms with Crippen molar-refractivity contribution < 1.29 is 9.90 Å². The van der Waals surface area contributed by atoms with E-state index in [1.54, 1.807) is 0 Å². The lowest BCUT2D eigenvalue weighted by atomic mass is 9.86. The van der Waals surface area contributed by atoms with E-state index >= 15 is 0 Å². The lowest BCUT2D eigenvalue weighted by Gasteiger charge is -2.22. The second-order valence-corrected chi connectivity index (χ2v) is 3.85. The van der Waals surface area contributed by atoms with Gasteiger partial charge in [0.1, 0.15) is 0 Å². The highest BCUT2D eigenvalue weighted by molar-refractivity contribution is 5.84. The van der Waals surface area contributed by atoms with Crippen LogP contribution in [0.2, 0.25) is 0 Å². The van der Waals surface area contributed by atoms with Gasteiger partial charge in [-0.25, -0.2) is 0 Å². The molecule has 2 heteroatoms. The first kappa shape index (κ1) is 10.3. The molecule has 0 unspecified atom stereocenters. The zero-order valence-corrected chi connectivity index (χ0v) is 8.05. The minimum atomic E-state index is -1.06. The number of rotatable bonds is 2. The van der Waals surface area contributed by atoms with Gasteiger partial charge in [-0.15, -0.1) is 0 Å². The molecular formula is C11H17O2-. The molecule has 2 nitrogen and oxygen atoms in total. The maximum absolute atomic E-state index is 10.6. The van der Waals surface area contributed by atoms with Gasteiger partial charge in [0.05, 0.1) is 5.97 Å². The van der Waals surface area contributed by atoms with Crippen LogP contribution in [-0.2, 0) is 4.79 Å². The van der Waals surface area contributed by atoms with Crippen molar-refractivity contribution >= 4 is 5.97 Å². The predicted molar refractivity (Wildman–Crippen MR) is 50.0 cm³/mol. The van der Waals surface area contributed by atoms with Gasteiger partial charge in [-0.2, -0.15) is 0 Å². The van der Waals surface area contributed by atoms with E-state index in [4.69, 9.17) is 0 Å². The minimum absolute atomic E-state index is 0.172. The Morgan fingerprint density at radius 2 is 1.54 bits per heavy atom. The maximum atomic E-state index is 10.6. The number of carbonyl (C=O) groups is 1. The van der Waals surface area contributed by atoms with Gasteiger partial charge < -0.3 is 9.90 Å². The fraction of sp³-hybridized carbons (Fsp3) is 0.727. The molecule has 0 saturated heterocycles. The van der Waals surface area contributed by atoms with Crippen LogP contribution >= 0.6 is 0 Å². The summed E-state index contributed by atoms with van der Waals surface area (Å²) in [4.78, 5) is 10.6. The molecule has 1 aliphatic carbocycles. The van der Waals surface area contributed by atoms with E-state index in [2.05, 4.69) is 6.58 Å². The van der Waals surface area contributed by atoms with Gasteiger partial charge in [-0.3, -0.25) is 0 Å². The molecule has 0 radical (unpaired) electrons. The summed E-state index contributed by atoms with van der Waals surface area (Å²) in [5.41, 5.74) is 0.307. The lowest BCUT2D eigenvalue weighted by molar-refractivity contribution is -0.300. The summed E-state index contributed by atoms with van der Waals surface area (Å²) >= 11 is 0. The predicted octanol–water partition coefficient (Wildman–Crippen LogP) is 1.65. The van der Waals surface area contributed by atoms with Crippen molar-refractivity contribution in [1.29, 1.82) is 0 Å². The third-order valence-corrected chi connectivity index (χ3v) is 2.86. The molecule has 0 heterocycles. The van der Waals surface area contributed by atoms with Crippen molar-refractivity contribution in [3.63, 3.8) is 0 Å². The normalized spacial score (nSPS) is 20.3. The molecule has 0 atom stereocenters. The smallest absolute Gasteiger partial charge is 0.0671 e. The minimum Gasteiger partial charge on any atom is -0.545 e. The maximum Gasteiger partial charge on any atom is 0.0671 e. The highest BCUT2D eigenvalue weighted by Gasteiger charge is 2.14. The number of hydrogen-bond donors (Lipinski definition) is 0. The molecule has 1 fully saturated rings. The molecule has 0 aromatic carbocycles. The average molecular weight is 181 g/mol. The van der Waals surface area contributed by atoms with Crippen molar-refractivity contribution in [3.05, 3.63) is 12.2 Å². The van der Waals surface area contributed by atoms with Gasteiger partial charge in [0, 0.05) is 0 Å². The summed E-state index contributed by atoms with van der Waals surface area (Å²) in [7, 11) is 0. The van der Waals surface area contributed by atoms with E-state index in [0.29, 0.717) is 5.57 Å². The topological polar surface area (TPSA) is 40.1 Å². The Morgan fingerprint density at radius 3 is 2.00 bits per heavy atom. The lowest BCUT2D eigenvalue weighted by Crippen LogP contribution is -2.28. The second-order valence-electron chi connectivity index (χ2n) is 3.85. The Morgan fingerprint density at radius 1 is 1.08 bits per heavy atom. The summed E-state index contributed by atoms with van der Waals surface area (Å²) in [5, 5.41) is 10.6. The summed E-state index contributed by atoms with van der Waals surface area (Å²) < 4.78 is 0. The van der Waals surface area contributed by atoms with E-state index in [9.17, 15) is 9.90 Å². The summed E-state index contributed by atoms with van der Waals surface area (Å²) in [6.45, 7) is 3.59. The quantitative estimate of drug-likeness (QED) is 0.608. The van der Waals surface area contributed by atoms with Gasteiger partial charge in [0.25, 0.3) is 0 Å². The Hall–Kier alpha value is -0.790. The molecule has 74 valence electrons. The van der Waals surface area contributed by atoms with Crippen molar-refractivity contribution in [1.82, 2.24) is 0 Å². The number of carboxylic acid groups (broad SMARTS) is 1. The van der Waals surface area contributed by atoms with Crippen LogP contribution in [0.15, 0.2) is 12.2 Å². The third kappa shape index (κ3) is 3.21. The van der Waals surface area contributed by atoms with Crippen molar-refractivity contribution in [2.75, 3.05) is 0 Å². The Kier molecular flexibility index (Phi) is 4.00. The number of aliphatic carboxylic acids is 1. The second kappa shape index (κ2) is 5.05. The zero-order chi connectivity index (χ0) is 9.68. The Balaban J connectivity index is 2.45. The molecule has 0 spiro atoms. The van der Waals surface area contributed by atoms with E-state index < -0.39 is 5.97 Å². The number of carbonyl (C=O) groups excluding carboxylic acids is 1. The van der Waals surface area contributed by atoms with Gasteiger partial charge in [-0.1, -0.05) is 38.7 Å². The van der Waals surface area contributed by atoms with Crippen molar-refractivity contribution in [3.8, 4) is 0 Å². The van der Waals surface area contributed by atoms with E-state index in [-0.39, 0.29) is 5.92 Å². The average Bonchev–Trinajstić information content (AvgIpc) is 2.02. The molecule has 1 rings (SSSR count). The van der Waals surface area contributed by atoms with Crippen LogP contribution in [-0.4, -0.2) is 5.97 Å². The van der Waals surface area contributed by atoms with Crippen LogP contribution in [0.5, 0.6) is 0 Å². The summed E-state index contributed by atoms with van der Waals surface area (Å²) in [6, 6.07) is 0. The first-order valence-corrected chi connectivity index (χ1v) is 5.12. The Bertz CT molecular complexity index is 188. The standard InChI is InChI=1S/C11H18O2/c1-9(11(12)13)10-7-5-3-2-4-6-8-10/h10H,1-8H2,(H,12,13)/p-1. The molecule has 0 amide bonds. The van der Waals surface area contributed by atoms with Crippen LogP contribution in [0.3, 0.4) is 0 Å². The fourth-order valence-corrected chi connectivity index (χ4v) is 1.97. The van der Waals surface area contributed by atoms with Crippen LogP contribution < -0.4 is 5.11 Å². The van der Waals surface area contributed by atoms with Gasteiger partial charge in [-0.05, 0) is 24.3 Å². The highest BCUT2D eigenvalue weighted by atomic mass is 16.4. The SMILES string of the molecule is C=C(C(=O)[O-])C1CCCCCCC1. The Labute approximate surface area is 79.6 Å². The van der Waals surface area contributed by atoms with Crippen LogP contribution in [0.1, 0.15) is 44.9 Å². The largest absolute Gasteiger partial charge is 0.545 e. The molecule has 0 bridgehead atoms. The van der Waals surface area contributed by atoms with Crippen LogP contribution in [0, 0.1) is 5.92 Å². The molecule has 0 aromatic heterocycles. The zero-order valence-electron chi connectivity index (χ0n) is 8.05. The molecule has 0 N–H and O–H groups in total. The highest BCUT2D eigenvalue weighted by Crippen LogP contribution is 2.26. The summed E-state index contributed by atoms with van der Waals surface area (Å²) in [6.07, 6.45) is 7.99. The monoisotopic (exact) mass is 181 g/mol. The van der Waals surface area contributed by atoms with Crippen LogP contribution in [0.25, 0.3) is 0 Å². The number of hydrogen-bond acceptors (Lipinski definition) is 2. The summed E-state index contributed by atoms with van der Waals surface area (Å²) in [5.74, 6) is -0.893. The van der Waals surface area contributed by atoms with Crippen molar-refractivity contribution in [2.24, 2.45) is 5.92 Å².